The first-order chi connectivity index (χ1) is 71.0. The van der Waals surface area contributed by atoms with Gasteiger partial charge in [-0.25, -0.2) is 9.59 Å². The van der Waals surface area contributed by atoms with Gasteiger partial charge in [0.25, 0.3) is 0 Å². The predicted molar refractivity (Wildman–Crippen MR) is 572 cm³/mol. The highest BCUT2D eigenvalue weighted by Crippen LogP contribution is 2.39. The third kappa shape index (κ3) is 31.2. The Kier molecular flexibility index (Phi) is 37.2. The number of nitrogens with one attached hydrogen (secondary N) is 1. The number of aryl methyl sites for hydroxylation is 1. The molecule has 24 heteroatoms. The maximum atomic E-state index is 15.1. The lowest BCUT2D eigenvalue weighted by Gasteiger charge is -2.21. The molecular weight excluding hydrogens is 1840 g/mol. The molecule has 147 heavy (non-hydrogen) atoms. The average Bonchev–Trinajstić information content (AvgIpc) is 0.776. The Balaban J connectivity index is 0.774. The molecule has 0 fully saturated rings. The van der Waals surface area contributed by atoms with Crippen molar-refractivity contribution in [3.05, 3.63) is 396 Å². The highest BCUT2D eigenvalue weighted by Gasteiger charge is 2.25. The molecule has 9 aromatic carbocycles. The van der Waals surface area contributed by atoms with Crippen LogP contribution in [0, 0.1) is 103 Å². The maximum absolute atomic E-state index is 15.1. The number of anilines is 4. The van der Waals surface area contributed by atoms with Gasteiger partial charge in [0.05, 0.1) is 30.8 Å². The van der Waals surface area contributed by atoms with Crippen LogP contribution in [0.25, 0.3) is 24.3 Å². The van der Waals surface area contributed by atoms with Crippen LogP contribution in [0.15, 0.2) is 340 Å². The highest BCUT2D eigenvalue weighted by molar-refractivity contribution is 5.95. The number of hydrogen-bond donors (Lipinski definition) is 1. The van der Waals surface area contributed by atoms with Crippen molar-refractivity contribution in [2.24, 2.45) is 5.92 Å². The molecule has 0 radical (unpaired) electrons. The third-order valence-electron chi connectivity index (χ3n) is 24.6. The number of carbonyl (C=O) groups is 3. The molecule has 1 N–H and O–H groups in total. The Bertz CT molecular complexity index is 7260. The van der Waals surface area contributed by atoms with Crippen LogP contribution in [0.5, 0.6) is 51.7 Å². The summed E-state index contributed by atoms with van der Waals surface area (Å²) in [4.78, 5) is 48.0. The third-order valence-corrected chi connectivity index (χ3v) is 24.6. The second-order valence-corrected chi connectivity index (χ2v) is 36.6. The summed E-state index contributed by atoms with van der Waals surface area (Å²) in [6.45, 7) is 24.4. The van der Waals surface area contributed by atoms with E-state index in [-0.39, 0.29) is 114 Å². The molecule has 24 nitrogen and oxygen atoms in total. The van der Waals surface area contributed by atoms with Gasteiger partial charge in [-0.1, -0.05) is 185 Å². The number of nitrogens with zero attached hydrogens (tertiary/aromatic N) is 11. The van der Waals surface area contributed by atoms with Crippen LogP contribution in [0.1, 0.15) is 150 Å². The second kappa shape index (κ2) is 51.7. The normalized spacial score (nSPS) is 13.8. The monoisotopic (exact) mass is 1950 g/mol. The molecule has 0 amide bonds. The van der Waals surface area contributed by atoms with Gasteiger partial charge < -0.3 is 62.6 Å². The average molecular weight is 1950 g/mol. The number of rotatable bonds is 40. The number of benzene rings is 9. The van der Waals surface area contributed by atoms with Gasteiger partial charge in [-0.2, -0.15) is 42.1 Å². The van der Waals surface area contributed by atoms with E-state index >= 15 is 4.79 Å². The van der Waals surface area contributed by atoms with Crippen molar-refractivity contribution in [1.29, 1.82) is 42.1 Å². The van der Waals surface area contributed by atoms with E-state index in [0.29, 0.717) is 122 Å². The van der Waals surface area contributed by atoms with E-state index in [9.17, 15) is 51.7 Å². The lowest BCUT2D eigenvalue weighted by Crippen LogP contribution is -2.24. The quantitative estimate of drug-likeness (QED) is 0.0122. The van der Waals surface area contributed by atoms with Gasteiger partial charge in [-0.05, 0) is 268 Å². The molecule has 0 heterocycles. The van der Waals surface area contributed by atoms with E-state index in [1.807, 2.05) is 283 Å². The molecule has 13 rings (SSSR count). The molecule has 0 saturated heterocycles. The molecule has 0 spiro atoms. The Hall–Kier alpha value is -18.6. The SMILES string of the molecule is C=C1CC(/C=C/c2ccc(NCCOc3cc(COc4cc(OCc5cc(OCCN(C)c6ccc(/C=C/C7=CC(=C(C#N)C#N)CC(=C)C7)cc6)cc(OCCN(C)c6ccc(/C=C/C7=CC(=C(C#N)C#N)CC(C)C7)cc6)c5)cc(C(=O)Oc5cc(OC(C)=O)cc(C(=O)Oc6ccc(C(C)C)c(C)c6)c5)c4)cc(OCCN(C)c4ccc(/C=C/C5=CC(=C(C#N)C#N)CC(=C)C5)cc4)c3)cc2)=CC(=C(C#N)C#N)C1. The van der Waals surface area contributed by atoms with E-state index in [1.165, 1.54) is 37.3 Å². The summed E-state index contributed by atoms with van der Waals surface area (Å²) < 4.78 is 57.4. The number of hydrogen-bond acceptors (Lipinski definition) is 24. The first-order valence-electron chi connectivity index (χ1n) is 48.1. The Morgan fingerprint density at radius 2 is 0.701 bits per heavy atom. The summed E-state index contributed by atoms with van der Waals surface area (Å²) in [5.41, 5.74) is 20.3. The summed E-state index contributed by atoms with van der Waals surface area (Å²) in [5, 5.41) is 80.1. The fourth-order valence-corrected chi connectivity index (χ4v) is 17.1. The zero-order valence-electron chi connectivity index (χ0n) is 83.6. The summed E-state index contributed by atoms with van der Waals surface area (Å²) in [5.74, 6) is 0.307. The summed E-state index contributed by atoms with van der Waals surface area (Å²) in [7, 11) is 5.92. The zero-order valence-corrected chi connectivity index (χ0v) is 83.6. The Morgan fingerprint density at radius 1 is 0.374 bits per heavy atom. The minimum atomic E-state index is -0.914. The van der Waals surface area contributed by atoms with Gasteiger partial charge in [0.2, 0.25) is 0 Å². The van der Waals surface area contributed by atoms with Crippen LogP contribution in [0.3, 0.4) is 0 Å². The minimum absolute atomic E-state index is 0.0469. The fraction of sp³-hybridized carbons (Fsp3) is 0.228. The van der Waals surface area contributed by atoms with Crippen molar-refractivity contribution in [3.63, 3.8) is 0 Å². The van der Waals surface area contributed by atoms with Crippen molar-refractivity contribution < 1.29 is 57.0 Å². The van der Waals surface area contributed by atoms with Gasteiger partial charge in [0.15, 0.2) is 0 Å². The first-order valence-corrected chi connectivity index (χ1v) is 48.1. The van der Waals surface area contributed by atoms with Crippen molar-refractivity contribution in [2.45, 2.75) is 105 Å². The number of esters is 3. The highest BCUT2D eigenvalue weighted by atomic mass is 16.6. The fourth-order valence-electron chi connectivity index (χ4n) is 17.1. The standard InChI is InChI=1S/C123H112N12O12/c1-81(2)121-37-36-112(54-86(121)7)146-122(137)103-65-119(145-87(8)136)70-120(66-103)147-123(138)102-63-117(143-79-96-59-113(139-42-38-132-108-28-20-88(21-29-108)12-16-92-46-82(3)50-98(55-92)104(71-124)72-125)67-114(60-96)140-43-39-133(9)109-30-22-89(23-31-109)13-17-93-47-83(4)51-99(56-93)105(73-126)74-127)69-118(64-102)144-80-97-61-115(141-44-40-134(10)110-32-24-90(25-33-110)14-18-94-48-84(5)52-100(57-94)106(75-128)76-129)68-116(62-97)142-45-41-135(11)111-34-26-91(27-35-111)15-19-95-49-85(6)53-101(58-95)107(77-130)78-131/h12-37,54-70,81,85,132H,3-5,38-53,79-80H2,1-2,6-11H3/b16-12+,17-13+,18-14+,19-15+. The molecule has 9 aromatic rings. The molecular formula is C123H112N12O12. The summed E-state index contributed by atoms with van der Waals surface area (Å²) >= 11 is 0. The predicted octanol–water partition coefficient (Wildman–Crippen LogP) is 25.3. The van der Waals surface area contributed by atoms with Crippen LogP contribution >= 0.6 is 0 Å². The zero-order chi connectivity index (χ0) is 104. The van der Waals surface area contributed by atoms with Gasteiger partial charge in [-0.3, -0.25) is 4.79 Å². The molecule has 0 saturated carbocycles. The van der Waals surface area contributed by atoms with Crippen LogP contribution in [0.4, 0.5) is 22.7 Å². The van der Waals surface area contributed by atoms with E-state index in [0.717, 1.165) is 107 Å². The number of allylic oxidation sites excluding steroid dienone is 23. The lowest BCUT2D eigenvalue weighted by atomic mass is 9.85. The van der Waals surface area contributed by atoms with Crippen LogP contribution < -0.4 is 62.6 Å². The lowest BCUT2D eigenvalue weighted by molar-refractivity contribution is -0.131. The molecule has 0 aliphatic heterocycles. The van der Waals surface area contributed by atoms with E-state index in [2.05, 4.69) is 60.5 Å². The van der Waals surface area contributed by atoms with Crippen molar-refractivity contribution in [1.82, 2.24) is 0 Å². The largest absolute Gasteiger partial charge is 0.492 e. The van der Waals surface area contributed by atoms with Crippen LogP contribution in [-0.4, -0.2) is 91.7 Å². The summed E-state index contributed by atoms with van der Waals surface area (Å²) in [6, 6.07) is 73.2. The number of likely N-dealkylation sites (N-methyl/N-ethyl adjacent to an activating group) is 3. The number of nitriles is 8. The van der Waals surface area contributed by atoms with Crippen molar-refractivity contribution in [2.75, 3.05) is 93.8 Å². The Labute approximate surface area is 859 Å². The van der Waals surface area contributed by atoms with E-state index in [1.54, 1.807) is 24.3 Å². The van der Waals surface area contributed by atoms with Crippen molar-refractivity contribution in [3.8, 4) is 100 Å². The Morgan fingerprint density at radius 3 is 1.07 bits per heavy atom. The van der Waals surface area contributed by atoms with Gasteiger partial charge in [0, 0.05) is 81.6 Å². The van der Waals surface area contributed by atoms with Crippen LogP contribution in [-0.2, 0) is 18.0 Å². The minimum Gasteiger partial charge on any atom is -0.492 e. The van der Waals surface area contributed by atoms with Gasteiger partial charge >= 0.3 is 17.9 Å². The van der Waals surface area contributed by atoms with E-state index in [4.69, 9.17) is 42.6 Å². The van der Waals surface area contributed by atoms with Crippen molar-refractivity contribution >= 4 is 65.0 Å². The van der Waals surface area contributed by atoms with E-state index < -0.39 is 17.9 Å². The molecule has 4 aliphatic carbocycles. The number of carbonyl (C=O) groups excluding carboxylic acids is 3. The number of ether oxygens (including phenoxy) is 9. The van der Waals surface area contributed by atoms with Gasteiger partial charge in [0.1, 0.15) is 162 Å². The maximum Gasteiger partial charge on any atom is 0.343 e. The molecule has 4 aliphatic rings. The topological polar surface area (TPSA) is 346 Å². The van der Waals surface area contributed by atoms with Crippen LogP contribution in [0.2, 0.25) is 0 Å². The molecule has 1 atom stereocenters. The summed E-state index contributed by atoms with van der Waals surface area (Å²) in [6.07, 6.45) is 28.4. The first kappa shape index (κ1) is 106. The molecule has 0 bridgehead atoms. The molecule has 0 aromatic heterocycles. The van der Waals surface area contributed by atoms with Gasteiger partial charge in [-0.15, -0.1) is 0 Å². The molecule has 1 unspecified atom stereocenters. The smallest absolute Gasteiger partial charge is 0.343 e. The molecule has 736 valence electrons. The second-order valence-electron chi connectivity index (χ2n) is 36.6.